The van der Waals surface area contributed by atoms with Gasteiger partial charge in [-0.05, 0) is 32.2 Å². The Balaban J connectivity index is 2.66. The first-order valence-corrected chi connectivity index (χ1v) is 5.59. The molecule has 0 radical (unpaired) electrons. The van der Waals surface area contributed by atoms with Crippen LogP contribution in [0.1, 0.15) is 46.0 Å². The van der Waals surface area contributed by atoms with Gasteiger partial charge < -0.3 is 4.74 Å². The molecule has 0 bridgehead atoms. The lowest BCUT2D eigenvalue weighted by molar-refractivity contribution is -0.160. The molecule has 13 heavy (non-hydrogen) atoms. The van der Waals surface area contributed by atoms with Crippen molar-refractivity contribution >= 4 is 0 Å². The molecule has 1 aliphatic rings. The summed E-state index contributed by atoms with van der Waals surface area (Å²) in [5.41, 5.74) is 0.0712. The van der Waals surface area contributed by atoms with Gasteiger partial charge in [-0.25, -0.2) is 0 Å². The second-order valence-electron chi connectivity index (χ2n) is 3.94. The molecule has 0 spiro atoms. The molecule has 0 N–H and O–H groups in total. The van der Waals surface area contributed by atoms with E-state index < -0.39 is 0 Å². The maximum Gasteiger partial charge on any atom is 0.121 e. The summed E-state index contributed by atoms with van der Waals surface area (Å²) in [4.78, 5) is 2.50. The van der Waals surface area contributed by atoms with E-state index in [1.54, 1.807) is 0 Å². The van der Waals surface area contributed by atoms with E-state index in [1.807, 2.05) is 7.11 Å². The van der Waals surface area contributed by atoms with E-state index in [0.29, 0.717) is 0 Å². The minimum absolute atomic E-state index is 0.0712. The molecule has 2 heteroatoms. The van der Waals surface area contributed by atoms with Gasteiger partial charge in [0.25, 0.3) is 0 Å². The molecular formula is C11H23NO. The van der Waals surface area contributed by atoms with Crippen LogP contribution in [0.5, 0.6) is 0 Å². The Kier molecular flexibility index (Phi) is 4.20. The maximum absolute atomic E-state index is 5.75. The van der Waals surface area contributed by atoms with Crippen LogP contribution in [0.3, 0.4) is 0 Å². The van der Waals surface area contributed by atoms with Crippen molar-refractivity contribution in [2.75, 3.05) is 20.2 Å². The molecule has 1 saturated heterocycles. The van der Waals surface area contributed by atoms with E-state index in [4.69, 9.17) is 4.74 Å². The van der Waals surface area contributed by atoms with Gasteiger partial charge in [-0.15, -0.1) is 0 Å². The minimum atomic E-state index is 0.0712. The van der Waals surface area contributed by atoms with Crippen LogP contribution in [-0.4, -0.2) is 30.8 Å². The molecule has 1 fully saturated rings. The van der Waals surface area contributed by atoms with Gasteiger partial charge in [0, 0.05) is 13.7 Å². The van der Waals surface area contributed by atoms with Crippen molar-refractivity contribution in [3.8, 4) is 0 Å². The summed E-state index contributed by atoms with van der Waals surface area (Å²) < 4.78 is 5.75. The first kappa shape index (κ1) is 11.0. The van der Waals surface area contributed by atoms with Crippen molar-refractivity contribution < 1.29 is 4.74 Å². The summed E-state index contributed by atoms with van der Waals surface area (Å²) in [7, 11) is 1.86. The average molecular weight is 185 g/mol. The number of piperidine rings is 1. The molecule has 1 atom stereocenters. The highest BCUT2D eigenvalue weighted by Crippen LogP contribution is 2.32. The van der Waals surface area contributed by atoms with Crippen LogP contribution in [0.15, 0.2) is 0 Å². The van der Waals surface area contributed by atoms with Crippen molar-refractivity contribution in [1.29, 1.82) is 0 Å². The smallest absolute Gasteiger partial charge is 0.121 e. The second kappa shape index (κ2) is 4.97. The molecule has 2 nitrogen and oxygen atoms in total. The van der Waals surface area contributed by atoms with Gasteiger partial charge in [0.05, 0.1) is 0 Å². The fourth-order valence-electron chi connectivity index (χ4n) is 2.52. The van der Waals surface area contributed by atoms with Crippen molar-refractivity contribution in [2.45, 2.75) is 51.7 Å². The van der Waals surface area contributed by atoms with E-state index in [2.05, 4.69) is 18.7 Å². The molecule has 78 valence electrons. The predicted molar refractivity (Wildman–Crippen MR) is 55.7 cm³/mol. The third kappa shape index (κ3) is 2.23. The summed E-state index contributed by atoms with van der Waals surface area (Å²) in [5.74, 6) is 0. The number of nitrogens with zero attached hydrogens (tertiary/aromatic N) is 1. The highest BCUT2D eigenvalue weighted by atomic mass is 16.5. The van der Waals surface area contributed by atoms with Crippen molar-refractivity contribution in [3.63, 3.8) is 0 Å². The number of rotatable bonds is 4. The molecule has 0 saturated carbocycles. The lowest BCUT2D eigenvalue weighted by Crippen LogP contribution is -2.52. The maximum atomic E-state index is 5.75. The molecule has 0 amide bonds. The average Bonchev–Trinajstić information content (AvgIpc) is 2.19. The van der Waals surface area contributed by atoms with E-state index in [0.717, 1.165) is 6.54 Å². The lowest BCUT2D eigenvalue weighted by Gasteiger charge is -2.45. The van der Waals surface area contributed by atoms with E-state index in [1.165, 1.54) is 38.6 Å². The third-order valence-corrected chi connectivity index (χ3v) is 3.22. The number of hydrogen-bond acceptors (Lipinski definition) is 2. The minimum Gasteiger partial charge on any atom is -0.364 e. The summed E-state index contributed by atoms with van der Waals surface area (Å²) in [6.07, 6.45) is 6.26. The fourth-order valence-corrected chi connectivity index (χ4v) is 2.52. The Labute approximate surface area is 82.3 Å². The summed E-state index contributed by atoms with van der Waals surface area (Å²) >= 11 is 0. The first-order valence-electron chi connectivity index (χ1n) is 5.59. The molecule has 1 aliphatic heterocycles. The molecule has 0 aliphatic carbocycles. The molecule has 1 rings (SSSR count). The van der Waals surface area contributed by atoms with Gasteiger partial charge in [-0.1, -0.05) is 20.3 Å². The van der Waals surface area contributed by atoms with E-state index in [-0.39, 0.29) is 5.72 Å². The van der Waals surface area contributed by atoms with Crippen LogP contribution in [0, 0.1) is 0 Å². The lowest BCUT2D eigenvalue weighted by atomic mass is 9.94. The van der Waals surface area contributed by atoms with E-state index in [9.17, 15) is 0 Å². The second-order valence-corrected chi connectivity index (χ2v) is 3.94. The van der Waals surface area contributed by atoms with Gasteiger partial charge in [-0.3, -0.25) is 4.90 Å². The molecule has 0 aromatic carbocycles. The Morgan fingerprint density at radius 1 is 1.31 bits per heavy atom. The predicted octanol–water partition coefficient (Wildman–Crippen LogP) is 2.64. The first-order chi connectivity index (χ1) is 6.29. The zero-order chi connectivity index (χ0) is 9.73. The Bertz CT molecular complexity index is 145. The quantitative estimate of drug-likeness (QED) is 0.667. The van der Waals surface area contributed by atoms with Crippen LogP contribution in [-0.2, 0) is 4.74 Å². The zero-order valence-electron chi connectivity index (χ0n) is 9.31. The van der Waals surface area contributed by atoms with Crippen LogP contribution < -0.4 is 0 Å². The van der Waals surface area contributed by atoms with Crippen LogP contribution >= 0.6 is 0 Å². The van der Waals surface area contributed by atoms with Gasteiger partial charge in [0.1, 0.15) is 5.72 Å². The standard InChI is InChI=1S/C11H23NO/c1-4-8-11(13-3)9-6-7-10-12(11)5-2/h4-10H2,1-3H3. The highest BCUT2D eigenvalue weighted by Gasteiger charge is 2.36. The Morgan fingerprint density at radius 2 is 2.08 bits per heavy atom. The van der Waals surface area contributed by atoms with Gasteiger partial charge in [-0.2, -0.15) is 0 Å². The van der Waals surface area contributed by atoms with Crippen LogP contribution in [0.2, 0.25) is 0 Å². The molecule has 0 aromatic rings. The SMILES string of the molecule is CCCC1(OC)CCCCN1CC. The monoisotopic (exact) mass is 185 g/mol. The number of ether oxygens (including phenoxy) is 1. The summed E-state index contributed by atoms with van der Waals surface area (Å²) in [6, 6.07) is 0. The summed E-state index contributed by atoms with van der Waals surface area (Å²) in [6.45, 7) is 6.80. The van der Waals surface area contributed by atoms with Crippen molar-refractivity contribution in [2.24, 2.45) is 0 Å². The fraction of sp³-hybridized carbons (Fsp3) is 1.00. The number of likely N-dealkylation sites (tertiary alicyclic amines) is 1. The Hall–Kier alpha value is -0.0800. The largest absolute Gasteiger partial charge is 0.364 e. The van der Waals surface area contributed by atoms with Gasteiger partial charge >= 0.3 is 0 Å². The molecular weight excluding hydrogens is 162 g/mol. The third-order valence-electron chi connectivity index (χ3n) is 3.22. The molecule has 0 aromatic heterocycles. The number of hydrogen-bond donors (Lipinski definition) is 0. The van der Waals surface area contributed by atoms with Gasteiger partial charge in [0.2, 0.25) is 0 Å². The van der Waals surface area contributed by atoms with Gasteiger partial charge in [0.15, 0.2) is 0 Å². The number of methoxy groups -OCH3 is 1. The highest BCUT2D eigenvalue weighted by molar-refractivity contribution is 4.84. The topological polar surface area (TPSA) is 12.5 Å². The van der Waals surface area contributed by atoms with Crippen LogP contribution in [0.25, 0.3) is 0 Å². The van der Waals surface area contributed by atoms with Crippen molar-refractivity contribution in [1.82, 2.24) is 4.90 Å². The van der Waals surface area contributed by atoms with Crippen LogP contribution in [0.4, 0.5) is 0 Å². The van der Waals surface area contributed by atoms with Crippen molar-refractivity contribution in [3.05, 3.63) is 0 Å². The normalized spacial score (nSPS) is 30.7. The zero-order valence-corrected chi connectivity index (χ0v) is 9.31. The Morgan fingerprint density at radius 3 is 2.62 bits per heavy atom. The molecule has 1 unspecified atom stereocenters. The molecule has 1 heterocycles. The van der Waals surface area contributed by atoms with E-state index >= 15 is 0 Å². The summed E-state index contributed by atoms with van der Waals surface area (Å²) in [5, 5.41) is 0.